The number of rotatable bonds is 3. The molecule has 2 heterocycles. The molecule has 0 saturated carbocycles. The molecule has 1 aliphatic rings. The lowest BCUT2D eigenvalue weighted by molar-refractivity contribution is -0.208. The summed E-state index contributed by atoms with van der Waals surface area (Å²) in [5.74, 6) is 0. The first kappa shape index (κ1) is 17.8. The second-order valence-corrected chi connectivity index (χ2v) is 6.25. The summed E-state index contributed by atoms with van der Waals surface area (Å²) in [5.41, 5.74) is -3.35. The van der Waals surface area contributed by atoms with Crippen LogP contribution in [0.5, 0.6) is 0 Å². The largest absolute Gasteiger partial charge is 0.405 e. The molecule has 4 nitrogen and oxygen atoms in total. The van der Waals surface area contributed by atoms with Gasteiger partial charge in [-0.25, -0.2) is 0 Å². The van der Waals surface area contributed by atoms with Crippen LogP contribution in [0.1, 0.15) is 25.0 Å². The average Bonchev–Trinajstić information content (AvgIpc) is 2.52. The Morgan fingerprint density at radius 1 is 1.28 bits per heavy atom. The first-order valence-electron chi connectivity index (χ1n) is 7.71. The van der Waals surface area contributed by atoms with E-state index < -0.39 is 23.3 Å². The maximum Gasteiger partial charge on any atom is 0.405 e. The zero-order valence-electron chi connectivity index (χ0n) is 13.5. The number of anilines is 2. The Balaban J connectivity index is 2.46. The van der Waals surface area contributed by atoms with Gasteiger partial charge in [-0.3, -0.25) is 4.79 Å². The van der Waals surface area contributed by atoms with E-state index in [1.807, 2.05) is 0 Å². The van der Waals surface area contributed by atoms with Crippen molar-refractivity contribution in [2.24, 2.45) is 0 Å². The first-order chi connectivity index (χ1) is 11.7. The molecule has 0 spiro atoms. The van der Waals surface area contributed by atoms with Crippen LogP contribution in [0.25, 0.3) is 0 Å². The quantitative estimate of drug-likeness (QED) is 0.841. The Bertz CT molecular complexity index is 866. The van der Waals surface area contributed by atoms with Crippen molar-refractivity contribution in [2.75, 3.05) is 11.9 Å². The van der Waals surface area contributed by atoms with Crippen molar-refractivity contribution in [1.82, 2.24) is 4.98 Å². The highest BCUT2D eigenvalue weighted by Crippen LogP contribution is 2.56. The third-order valence-corrected chi connectivity index (χ3v) is 4.76. The number of halogens is 4. The van der Waals surface area contributed by atoms with Gasteiger partial charge in [0, 0.05) is 29.1 Å². The number of hydrogen-bond acceptors (Lipinski definition) is 3. The van der Waals surface area contributed by atoms with Gasteiger partial charge in [0.25, 0.3) is 5.56 Å². The van der Waals surface area contributed by atoms with Gasteiger partial charge in [0.1, 0.15) is 11.1 Å². The van der Waals surface area contributed by atoms with E-state index >= 15 is 0 Å². The summed E-state index contributed by atoms with van der Waals surface area (Å²) in [5, 5.41) is 2.97. The number of hydrogen-bond donors (Lipinski definition) is 2. The van der Waals surface area contributed by atoms with E-state index in [0.717, 1.165) is 0 Å². The van der Waals surface area contributed by atoms with Gasteiger partial charge in [-0.15, -0.1) is 0 Å². The third-order valence-electron chi connectivity index (χ3n) is 4.53. The number of pyridine rings is 1. The minimum absolute atomic E-state index is 0.0634. The topological polar surface area (TPSA) is 54.1 Å². The van der Waals surface area contributed by atoms with E-state index in [4.69, 9.17) is 16.3 Å². The standard InChI is InChI=1S/C17H16ClF3N2O2/c1-3-25-9(2)16(17(19,20)21)11-6-7-22-15(24)14(11)23-13-5-4-10(18)8-12(13)16/h4-9,23H,3H2,1-2H3,(H,22,24). The van der Waals surface area contributed by atoms with Gasteiger partial charge in [-0.2, -0.15) is 13.2 Å². The molecule has 25 heavy (non-hydrogen) atoms. The highest BCUT2D eigenvalue weighted by Gasteiger charge is 2.64. The molecule has 134 valence electrons. The van der Waals surface area contributed by atoms with Crippen LogP contribution in [-0.2, 0) is 10.2 Å². The summed E-state index contributed by atoms with van der Waals surface area (Å²) < 4.78 is 49.0. The van der Waals surface area contributed by atoms with Crippen LogP contribution in [0.3, 0.4) is 0 Å². The summed E-state index contributed by atoms with van der Waals surface area (Å²) in [6, 6.07) is 5.45. The maximum atomic E-state index is 14.5. The number of ether oxygens (including phenoxy) is 1. The minimum Gasteiger partial charge on any atom is -0.377 e. The molecular weight excluding hydrogens is 357 g/mol. The zero-order valence-corrected chi connectivity index (χ0v) is 14.3. The van der Waals surface area contributed by atoms with Gasteiger partial charge in [0.15, 0.2) is 0 Å². The van der Waals surface area contributed by atoms with Crippen molar-refractivity contribution in [3.8, 4) is 0 Å². The molecule has 2 unspecified atom stereocenters. The van der Waals surface area contributed by atoms with Gasteiger partial charge < -0.3 is 15.0 Å². The van der Waals surface area contributed by atoms with Gasteiger partial charge in [0.05, 0.1) is 6.10 Å². The number of aromatic nitrogens is 1. The lowest BCUT2D eigenvalue weighted by Crippen LogP contribution is -2.55. The van der Waals surface area contributed by atoms with E-state index in [1.54, 1.807) is 6.92 Å². The predicted octanol–water partition coefficient (Wildman–Crippen LogP) is 4.36. The van der Waals surface area contributed by atoms with E-state index in [-0.39, 0.29) is 34.1 Å². The van der Waals surface area contributed by atoms with Crippen molar-refractivity contribution in [3.63, 3.8) is 0 Å². The number of alkyl halides is 3. The molecule has 1 aliphatic heterocycles. The van der Waals surface area contributed by atoms with Gasteiger partial charge in [-0.05, 0) is 43.7 Å². The summed E-state index contributed by atoms with van der Waals surface area (Å²) in [6.07, 6.45) is -4.78. The summed E-state index contributed by atoms with van der Waals surface area (Å²) in [6.45, 7) is 3.08. The molecule has 2 aromatic rings. The normalized spacial score (nSPS) is 20.4. The highest BCUT2D eigenvalue weighted by atomic mass is 35.5. The molecule has 2 atom stereocenters. The molecule has 3 rings (SSSR count). The fraction of sp³-hybridized carbons (Fsp3) is 0.353. The van der Waals surface area contributed by atoms with Crippen molar-refractivity contribution in [3.05, 3.63) is 57.0 Å². The lowest BCUT2D eigenvalue weighted by atomic mass is 9.67. The zero-order chi connectivity index (χ0) is 18.4. The molecule has 1 aromatic carbocycles. The molecule has 8 heteroatoms. The summed E-state index contributed by atoms with van der Waals surface area (Å²) >= 11 is 5.99. The van der Waals surface area contributed by atoms with E-state index in [1.165, 1.54) is 37.4 Å². The highest BCUT2D eigenvalue weighted by molar-refractivity contribution is 6.30. The molecule has 0 radical (unpaired) electrons. The number of aromatic amines is 1. The van der Waals surface area contributed by atoms with Crippen molar-refractivity contribution in [1.29, 1.82) is 0 Å². The van der Waals surface area contributed by atoms with Crippen molar-refractivity contribution >= 4 is 23.0 Å². The number of nitrogens with one attached hydrogen (secondary N) is 2. The number of benzene rings is 1. The van der Waals surface area contributed by atoms with Gasteiger partial charge in [-0.1, -0.05) is 11.6 Å². The summed E-state index contributed by atoms with van der Waals surface area (Å²) in [7, 11) is 0. The van der Waals surface area contributed by atoms with Crippen LogP contribution in [0, 0.1) is 0 Å². The number of fused-ring (bicyclic) bond motifs is 2. The molecule has 0 fully saturated rings. The fourth-order valence-electron chi connectivity index (χ4n) is 3.51. The van der Waals surface area contributed by atoms with Crippen LogP contribution in [0.4, 0.5) is 24.5 Å². The fourth-order valence-corrected chi connectivity index (χ4v) is 3.68. The SMILES string of the molecule is CCOC(C)C1(C(F)(F)F)c2cc(Cl)ccc2Nc2c1cc[nH]c2=O. The monoisotopic (exact) mass is 372 g/mol. The smallest absolute Gasteiger partial charge is 0.377 e. The van der Waals surface area contributed by atoms with Crippen LogP contribution in [0.2, 0.25) is 5.02 Å². The second-order valence-electron chi connectivity index (χ2n) is 5.81. The predicted molar refractivity (Wildman–Crippen MR) is 89.7 cm³/mol. The molecular formula is C17H16ClF3N2O2. The van der Waals surface area contributed by atoms with Crippen LogP contribution < -0.4 is 10.9 Å². The molecule has 2 N–H and O–H groups in total. The van der Waals surface area contributed by atoms with Crippen LogP contribution >= 0.6 is 11.6 Å². The number of H-pyrrole nitrogens is 1. The van der Waals surface area contributed by atoms with E-state index in [9.17, 15) is 18.0 Å². The second kappa shape index (κ2) is 6.07. The Labute approximate surface area is 147 Å². The molecule has 0 aliphatic carbocycles. The Morgan fingerprint density at radius 3 is 2.64 bits per heavy atom. The van der Waals surface area contributed by atoms with Gasteiger partial charge in [0.2, 0.25) is 0 Å². The summed E-state index contributed by atoms with van der Waals surface area (Å²) in [4.78, 5) is 14.6. The molecule has 0 saturated heterocycles. The van der Waals surface area contributed by atoms with Crippen LogP contribution in [0.15, 0.2) is 35.3 Å². The molecule has 1 aromatic heterocycles. The minimum atomic E-state index is -4.72. The Hall–Kier alpha value is -1.99. The molecule has 0 bridgehead atoms. The Kier molecular flexibility index (Phi) is 4.33. The lowest BCUT2D eigenvalue weighted by Gasteiger charge is -2.45. The first-order valence-corrected chi connectivity index (χ1v) is 8.08. The van der Waals surface area contributed by atoms with E-state index in [0.29, 0.717) is 0 Å². The van der Waals surface area contributed by atoms with Crippen LogP contribution in [-0.4, -0.2) is 23.9 Å². The van der Waals surface area contributed by atoms with Crippen molar-refractivity contribution in [2.45, 2.75) is 31.5 Å². The van der Waals surface area contributed by atoms with Gasteiger partial charge >= 0.3 is 6.18 Å². The Morgan fingerprint density at radius 2 is 2.00 bits per heavy atom. The van der Waals surface area contributed by atoms with Crippen molar-refractivity contribution < 1.29 is 17.9 Å². The van der Waals surface area contributed by atoms with E-state index in [2.05, 4.69) is 10.3 Å². The third kappa shape index (κ3) is 2.53. The average molecular weight is 373 g/mol. The molecule has 0 amide bonds. The maximum absolute atomic E-state index is 14.5.